The Labute approximate surface area is 155 Å². The van der Waals surface area contributed by atoms with Gasteiger partial charge in [0.25, 0.3) is 0 Å². The standard InChI is InChI=1S/C16H27FN4O.HI/c1-13(22-15-8-5-7-14(17)11-15)12-20-16(18-2)19-9-6-10-21(3)4;/h5,7-8,11,13H,6,9-10,12H2,1-4H3,(H2,18,19,20);1H. The van der Waals surface area contributed by atoms with Crippen LogP contribution in [0.3, 0.4) is 0 Å². The molecule has 0 radical (unpaired) electrons. The maximum absolute atomic E-state index is 13.1. The summed E-state index contributed by atoms with van der Waals surface area (Å²) < 4.78 is 18.7. The molecule has 1 atom stereocenters. The number of ether oxygens (including phenoxy) is 1. The minimum absolute atomic E-state index is 0. The summed E-state index contributed by atoms with van der Waals surface area (Å²) in [6.07, 6.45) is 0.949. The van der Waals surface area contributed by atoms with Crippen LogP contribution in [0.2, 0.25) is 0 Å². The molecule has 1 unspecified atom stereocenters. The molecule has 0 heterocycles. The van der Waals surface area contributed by atoms with Crippen LogP contribution in [0.1, 0.15) is 13.3 Å². The van der Waals surface area contributed by atoms with Crippen molar-refractivity contribution < 1.29 is 9.13 Å². The average molecular weight is 438 g/mol. The summed E-state index contributed by atoms with van der Waals surface area (Å²) in [4.78, 5) is 6.31. The number of rotatable bonds is 8. The number of hydrogen-bond acceptors (Lipinski definition) is 3. The van der Waals surface area contributed by atoms with Crippen molar-refractivity contribution in [2.45, 2.75) is 19.4 Å². The Morgan fingerprint density at radius 2 is 2.09 bits per heavy atom. The van der Waals surface area contributed by atoms with Crippen LogP contribution >= 0.6 is 24.0 Å². The summed E-state index contributed by atoms with van der Waals surface area (Å²) in [5, 5.41) is 6.45. The number of benzene rings is 1. The van der Waals surface area contributed by atoms with Gasteiger partial charge < -0.3 is 20.3 Å². The van der Waals surface area contributed by atoms with Gasteiger partial charge in [0, 0.05) is 19.7 Å². The molecule has 0 saturated heterocycles. The molecule has 132 valence electrons. The highest BCUT2D eigenvalue weighted by atomic mass is 127. The molecule has 0 fully saturated rings. The zero-order valence-corrected chi connectivity index (χ0v) is 16.6. The predicted octanol–water partition coefficient (Wildman–Crippen LogP) is 2.33. The number of halogens is 2. The van der Waals surface area contributed by atoms with Gasteiger partial charge in [-0.25, -0.2) is 4.39 Å². The van der Waals surface area contributed by atoms with Crippen LogP contribution in [0.4, 0.5) is 4.39 Å². The number of aliphatic imine (C=N–C) groups is 1. The molecule has 0 aliphatic rings. The average Bonchev–Trinajstić information content (AvgIpc) is 2.46. The summed E-state index contributed by atoms with van der Waals surface area (Å²) >= 11 is 0. The van der Waals surface area contributed by atoms with E-state index in [9.17, 15) is 4.39 Å². The SMILES string of the molecule is CN=C(NCCCN(C)C)NCC(C)Oc1cccc(F)c1.I. The van der Waals surface area contributed by atoms with Crippen LogP contribution in [0.5, 0.6) is 5.75 Å². The highest BCUT2D eigenvalue weighted by Gasteiger charge is 2.06. The van der Waals surface area contributed by atoms with Crippen LogP contribution in [0, 0.1) is 5.82 Å². The van der Waals surface area contributed by atoms with Gasteiger partial charge in [0.2, 0.25) is 0 Å². The molecule has 5 nitrogen and oxygen atoms in total. The first kappa shape index (κ1) is 21.9. The topological polar surface area (TPSA) is 48.9 Å². The van der Waals surface area contributed by atoms with E-state index < -0.39 is 0 Å². The van der Waals surface area contributed by atoms with E-state index in [1.54, 1.807) is 19.2 Å². The van der Waals surface area contributed by atoms with E-state index in [0.717, 1.165) is 25.5 Å². The normalized spacial score (nSPS) is 12.5. The van der Waals surface area contributed by atoms with Gasteiger partial charge >= 0.3 is 0 Å². The monoisotopic (exact) mass is 438 g/mol. The second-order valence-electron chi connectivity index (χ2n) is 5.42. The van der Waals surface area contributed by atoms with E-state index in [1.165, 1.54) is 12.1 Å². The van der Waals surface area contributed by atoms with Gasteiger partial charge in [0.1, 0.15) is 17.7 Å². The van der Waals surface area contributed by atoms with E-state index in [2.05, 4.69) is 34.6 Å². The summed E-state index contributed by atoms with van der Waals surface area (Å²) in [6, 6.07) is 6.16. The van der Waals surface area contributed by atoms with Crippen LogP contribution in [0.15, 0.2) is 29.3 Å². The molecule has 1 aromatic rings. The Morgan fingerprint density at radius 3 is 2.70 bits per heavy atom. The summed E-state index contributed by atoms with van der Waals surface area (Å²) in [5.41, 5.74) is 0. The third-order valence-electron chi connectivity index (χ3n) is 2.99. The van der Waals surface area contributed by atoms with E-state index in [-0.39, 0.29) is 35.9 Å². The van der Waals surface area contributed by atoms with Gasteiger partial charge in [-0.15, -0.1) is 24.0 Å². The maximum Gasteiger partial charge on any atom is 0.191 e. The Hall–Kier alpha value is -1.09. The Kier molecular flexibility index (Phi) is 11.8. The number of nitrogens with one attached hydrogen (secondary N) is 2. The van der Waals surface area contributed by atoms with E-state index >= 15 is 0 Å². The van der Waals surface area contributed by atoms with Crippen molar-refractivity contribution in [3.05, 3.63) is 30.1 Å². The maximum atomic E-state index is 13.1. The zero-order chi connectivity index (χ0) is 16.4. The molecule has 0 spiro atoms. The molecule has 0 bridgehead atoms. The molecule has 0 saturated carbocycles. The van der Waals surface area contributed by atoms with Crippen molar-refractivity contribution in [3.63, 3.8) is 0 Å². The molecular weight excluding hydrogens is 410 g/mol. The lowest BCUT2D eigenvalue weighted by Crippen LogP contribution is -2.42. The van der Waals surface area contributed by atoms with E-state index in [4.69, 9.17) is 4.74 Å². The van der Waals surface area contributed by atoms with Crippen LogP contribution in [-0.4, -0.2) is 57.7 Å². The number of hydrogen-bond donors (Lipinski definition) is 2. The molecule has 0 aromatic heterocycles. The molecule has 1 aromatic carbocycles. The van der Waals surface area contributed by atoms with Crippen LogP contribution in [0.25, 0.3) is 0 Å². The lowest BCUT2D eigenvalue weighted by Gasteiger charge is -2.18. The van der Waals surface area contributed by atoms with Gasteiger partial charge in [-0.2, -0.15) is 0 Å². The smallest absolute Gasteiger partial charge is 0.191 e. The molecule has 0 aliphatic heterocycles. The quantitative estimate of drug-likeness (QED) is 0.283. The Balaban J connectivity index is 0.00000484. The van der Waals surface area contributed by atoms with Crippen molar-refractivity contribution in [3.8, 4) is 5.75 Å². The Bertz CT molecular complexity index is 471. The molecule has 23 heavy (non-hydrogen) atoms. The lowest BCUT2D eigenvalue weighted by molar-refractivity contribution is 0.223. The highest BCUT2D eigenvalue weighted by molar-refractivity contribution is 14.0. The first-order valence-corrected chi connectivity index (χ1v) is 7.52. The molecule has 0 aliphatic carbocycles. The minimum Gasteiger partial charge on any atom is -0.489 e. The molecule has 1 rings (SSSR count). The van der Waals surface area contributed by atoms with E-state index in [0.29, 0.717) is 12.3 Å². The zero-order valence-electron chi connectivity index (χ0n) is 14.3. The molecular formula is C16H28FIN4O. The van der Waals surface area contributed by atoms with Gasteiger partial charge in [0.15, 0.2) is 5.96 Å². The first-order chi connectivity index (χ1) is 10.5. The van der Waals surface area contributed by atoms with Crippen LogP contribution < -0.4 is 15.4 Å². The second kappa shape index (κ2) is 12.3. The first-order valence-electron chi connectivity index (χ1n) is 7.52. The van der Waals surface area contributed by atoms with Gasteiger partial charge in [-0.05, 0) is 46.1 Å². The molecule has 7 heteroatoms. The third-order valence-corrected chi connectivity index (χ3v) is 2.99. The fourth-order valence-corrected chi connectivity index (χ4v) is 1.88. The Morgan fingerprint density at radius 1 is 1.35 bits per heavy atom. The van der Waals surface area contributed by atoms with Gasteiger partial charge in [0.05, 0.1) is 6.54 Å². The third kappa shape index (κ3) is 10.3. The summed E-state index contributed by atoms with van der Waals surface area (Å²) in [6.45, 7) is 4.40. The fraction of sp³-hybridized carbons (Fsp3) is 0.562. The lowest BCUT2D eigenvalue weighted by atomic mass is 10.3. The predicted molar refractivity (Wildman–Crippen MR) is 104 cm³/mol. The van der Waals surface area contributed by atoms with Crippen molar-refractivity contribution in [1.82, 2.24) is 15.5 Å². The summed E-state index contributed by atoms with van der Waals surface area (Å²) in [5.74, 6) is 0.979. The van der Waals surface area contributed by atoms with Gasteiger partial charge in [-0.1, -0.05) is 6.07 Å². The molecule has 2 N–H and O–H groups in total. The largest absolute Gasteiger partial charge is 0.489 e. The fourth-order valence-electron chi connectivity index (χ4n) is 1.88. The van der Waals surface area contributed by atoms with Crippen LogP contribution in [-0.2, 0) is 0 Å². The van der Waals surface area contributed by atoms with Crippen molar-refractivity contribution in [2.24, 2.45) is 4.99 Å². The minimum atomic E-state index is -0.295. The number of nitrogens with zero attached hydrogens (tertiary/aromatic N) is 2. The van der Waals surface area contributed by atoms with Gasteiger partial charge in [-0.3, -0.25) is 4.99 Å². The second-order valence-corrected chi connectivity index (χ2v) is 5.42. The van der Waals surface area contributed by atoms with Crippen molar-refractivity contribution in [1.29, 1.82) is 0 Å². The van der Waals surface area contributed by atoms with Crippen molar-refractivity contribution in [2.75, 3.05) is 40.8 Å². The summed E-state index contributed by atoms with van der Waals surface area (Å²) in [7, 11) is 5.84. The van der Waals surface area contributed by atoms with Crippen molar-refractivity contribution >= 4 is 29.9 Å². The highest BCUT2D eigenvalue weighted by Crippen LogP contribution is 2.13. The van der Waals surface area contributed by atoms with E-state index in [1.807, 2.05) is 6.92 Å². The molecule has 0 amide bonds. The number of guanidine groups is 1.